The molecule has 2 amide bonds. The number of furan rings is 1. The van der Waals surface area contributed by atoms with Crippen LogP contribution >= 0.6 is 0 Å². The van der Waals surface area contributed by atoms with Crippen LogP contribution in [-0.2, 0) is 0 Å². The molecule has 3 aromatic rings. The summed E-state index contributed by atoms with van der Waals surface area (Å²) in [6.07, 6.45) is 1.40. The number of hydrogen-bond donors (Lipinski definition) is 2. The zero-order chi connectivity index (χ0) is 19.4. The number of anilines is 1. The Kier molecular flexibility index (Phi) is 5.03. The first-order chi connectivity index (χ1) is 12.9. The summed E-state index contributed by atoms with van der Waals surface area (Å²) in [5.41, 5.74) is 6.91. The van der Waals surface area contributed by atoms with Gasteiger partial charge in [0.15, 0.2) is 5.76 Å². The van der Waals surface area contributed by atoms with Crippen molar-refractivity contribution in [2.45, 2.75) is 6.92 Å². The molecule has 0 atom stereocenters. The van der Waals surface area contributed by atoms with Crippen molar-refractivity contribution in [3.63, 3.8) is 0 Å². The predicted molar refractivity (Wildman–Crippen MR) is 97.8 cm³/mol. The Hall–Kier alpha value is -3.87. The van der Waals surface area contributed by atoms with Gasteiger partial charge in [-0.25, -0.2) is 4.79 Å². The number of esters is 1. The number of amides is 2. The highest BCUT2D eigenvalue weighted by Crippen LogP contribution is 2.20. The monoisotopic (exact) mass is 364 g/mol. The molecular weight excluding hydrogens is 348 g/mol. The van der Waals surface area contributed by atoms with Gasteiger partial charge in [-0.3, -0.25) is 9.59 Å². The van der Waals surface area contributed by atoms with E-state index in [1.54, 1.807) is 31.2 Å². The van der Waals surface area contributed by atoms with Gasteiger partial charge < -0.3 is 20.2 Å². The maximum absolute atomic E-state index is 12.4. The lowest BCUT2D eigenvalue weighted by Crippen LogP contribution is -2.14. The topological polar surface area (TPSA) is 112 Å². The lowest BCUT2D eigenvalue weighted by Gasteiger charge is -2.10. The number of hydrogen-bond acceptors (Lipinski definition) is 5. The van der Waals surface area contributed by atoms with Crippen molar-refractivity contribution in [2.24, 2.45) is 5.73 Å². The molecule has 2 aromatic carbocycles. The zero-order valence-corrected chi connectivity index (χ0v) is 14.4. The van der Waals surface area contributed by atoms with E-state index in [1.165, 1.54) is 36.6 Å². The highest BCUT2D eigenvalue weighted by Gasteiger charge is 2.15. The smallest absolute Gasteiger partial charge is 0.343 e. The highest BCUT2D eigenvalue weighted by atomic mass is 16.5. The summed E-state index contributed by atoms with van der Waals surface area (Å²) in [5.74, 6) is -1.33. The fourth-order valence-electron chi connectivity index (χ4n) is 2.35. The van der Waals surface area contributed by atoms with Gasteiger partial charge in [0, 0.05) is 11.3 Å². The molecular formula is C20H16N2O5. The SMILES string of the molecule is Cc1ccc(C(=O)Oc2cccc(C(N)=O)c2)cc1NC(=O)c1ccco1. The minimum atomic E-state index is -0.634. The predicted octanol–water partition coefficient (Wildman–Crippen LogP) is 3.16. The van der Waals surface area contributed by atoms with Gasteiger partial charge >= 0.3 is 5.97 Å². The Balaban J connectivity index is 1.78. The molecule has 0 radical (unpaired) electrons. The van der Waals surface area contributed by atoms with Crippen LogP contribution in [0.4, 0.5) is 5.69 Å². The van der Waals surface area contributed by atoms with E-state index in [4.69, 9.17) is 14.9 Å². The summed E-state index contributed by atoms with van der Waals surface area (Å²) in [7, 11) is 0. The number of carbonyl (C=O) groups is 3. The maximum atomic E-state index is 12.4. The molecule has 3 N–H and O–H groups in total. The van der Waals surface area contributed by atoms with E-state index in [0.29, 0.717) is 5.69 Å². The number of ether oxygens (including phenoxy) is 1. The number of rotatable bonds is 5. The van der Waals surface area contributed by atoms with Gasteiger partial charge in [0.05, 0.1) is 11.8 Å². The Morgan fingerprint density at radius 2 is 1.81 bits per heavy atom. The van der Waals surface area contributed by atoms with Gasteiger partial charge in [0.25, 0.3) is 5.91 Å². The number of primary amides is 1. The summed E-state index contributed by atoms with van der Waals surface area (Å²) < 4.78 is 10.3. The van der Waals surface area contributed by atoms with E-state index < -0.39 is 17.8 Å². The number of nitrogens with one attached hydrogen (secondary N) is 1. The Morgan fingerprint density at radius 3 is 2.52 bits per heavy atom. The Labute approximate surface area is 154 Å². The Bertz CT molecular complexity index is 1010. The summed E-state index contributed by atoms with van der Waals surface area (Å²) >= 11 is 0. The molecule has 0 saturated carbocycles. The second-order valence-electron chi connectivity index (χ2n) is 5.74. The summed E-state index contributed by atoms with van der Waals surface area (Å²) in [6.45, 7) is 1.79. The first-order valence-electron chi connectivity index (χ1n) is 8.01. The molecule has 1 heterocycles. The van der Waals surface area contributed by atoms with Gasteiger partial charge in [-0.15, -0.1) is 0 Å². The van der Waals surface area contributed by atoms with E-state index in [2.05, 4.69) is 5.32 Å². The molecule has 7 heteroatoms. The molecule has 1 aromatic heterocycles. The normalized spacial score (nSPS) is 10.3. The molecule has 7 nitrogen and oxygen atoms in total. The second-order valence-corrected chi connectivity index (χ2v) is 5.74. The summed E-state index contributed by atoms with van der Waals surface area (Å²) in [5, 5.41) is 2.69. The van der Waals surface area contributed by atoms with Crippen molar-refractivity contribution in [1.29, 1.82) is 0 Å². The molecule has 3 rings (SSSR count). The van der Waals surface area contributed by atoms with Gasteiger partial charge in [0.2, 0.25) is 5.91 Å². The minimum Gasteiger partial charge on any atom is -0.459 e. The van der Waals surface area contributed by atoms with Gasteiger partial charge in [-0.2, -0.15) is 0 Å². The minimum absolute atomic E-state index is 0.158. The van der Waals surface area contributed by atoms with Gasteiger partial charge in [0.1, 0.15) is 5.75 Å². The van der Waals surface area contributed by atoms with Crippen LogP contribution in [-0.4, -0.2) is 17.8 Å². The van der Waals surface area contributed by atoms with Gasteiger partial charge in [-0.1, -0.05) is 12.1 Å². The fourth-order valence-corrected chi connectivity index (χ4v) is 2.35. The van der Waals surface area contributed by atoms with Crippen molar-refractivity contribution in [1.82, 2.24) is 0 Å². The van der Waals surface area contributed by atoms with Crippen molar-refractivity contribution in [3.05, 3.63) is 83.3 Å². The second kappa shape index (κ2) is 7.57. The largest absolute Gasteiger partial charge is 0.459 e. The zero-order valence-electron chi connectivity index (χ0n) is 14.4. The third-order valence-electron chi connectivity index (χ3n) is 3.80. The van der Waals surface area contributed by atoms with Crippen LogP contribution in [0.1, 0.15) is 36.8 Å². The van der Waals surface area contributed by atoms with Crippen molar-refractivity contribution >= 4 is 23.5 Å². The van der Waals surface area contributed by atoms with E-state index in [9.17, 15) is 14.4 Å². The molecule has 0 spiro atoms. The fraction of sp³-hybridized carbons (Fsp3) is 0.0500. The first kappa shape index (κ1) is 17.9. The van der Waals surface area contributed by atoms with Crippen LogP contribution in [0.3, 0.4) is 0 Å². The third-order valence-corrected chi connectivity index (χ3v) is 3.80. The van der Waals surface area contributed by atoms with Crippen LogP contribution in [0.5, 0.6) is 5.75 Å². The van der Waals surface area contributed by atoms with Crippen LogP contribution in [0.25, 0.3) is 0 Å². The van der Waals surface area contributed by atoms with Crippen LogP contribution in [0.2, 0.25) is 0 Å². The Morgan fingerprint density at radius 1 is 1.00 bits per heavy atom. The molecule has 0 aliphatic rings. The number of nitrogens with two attached hydrogens (primary N) is 1. The summed E-state index contributed by atoms with van der Waals surface area (Å²) in [4.78, 5) is 35.8. The van der Waals surface area contributed by atoms with E-state index in [-0.39, 0.29) is 22.6 Å². The van der Waals surface area contributed by atoms with Crippen LogP contribution < -0.4 is 15.8 Å². The van der Waals surface area contributed by atoms with Crippen molar-refractivity contribution in [2.75, 3.05) is 5.32 Å². The van der Waals surface area contributed by atoms with E-state index >= 15 is 0 Å². The average Bonchev–Trinajstić information content (AvgIpc) is 3.18. The molecule has 0 aliphatic heterocycles. The first-order valence-corrected chi connectivity index (χ1v) is 8.01. The molecule has 27 heavy (non-hydrogen) atoms. The molecule has 0 unspecified atom stereocenters. The summed E-state index contributed by atoms with van der Waals surface area (Å²) in [6, 6.07) is 13.9. The lowest BCUT2D eigenvalue weighted by atomic mass is 10.1. The van der Waals surface area contributed by atoms with Crippen LogP contribution in [0.15, 0.2) is 65.3 Å². The maximum Gasteiger partial charge on any atom is 0.343 e. The van der Waals surface area contributed by atoms with E-state index in [0.717, 1.165) is 5.56 Å². The quantitative estimate of drug-likeness (QED) is 0.533. The van der Waals surface area contributed by atoms with Crippen LogP contribution in [0, 0.1) is 6.92 Å². The average molecular weight is 364 g/mol. The molecule has 136 valence electrons. The molecule has 0 bridgehead atoms. The van der Waals surface area contributed by atoms with E-state index in [1.807, 2.05) is 0 Å². The standard InChI is InChI=1S/C20H16N2O5/c1-12-7-8-14(11-16(12)22-19(24)17-6-3-9-26-17)20(25)27-15-5-2-4-13(10-15)18(21)23/h2-11H,1H3,(H2,21,23)(H,22,24). The highest BCUT2D eigenvalue weighted by molar-refractivity contribution is 6.03. The number of benzene rings is 2. The van der Waals surface area contributed by atoms with Crippen molar-refractivity contribution < 1.29 is 23.5 Å². The van der Waals surface area contributed by atoms with Gasteiger partial charge in [-0.05, 0) is 55.0 Å². The number of carbonyl (C=O) groups excluding carboxylic acids is 3. The van der Waals surface area contributed by atoms with Crippen molar-refractivity contribution in [3.8, 4) is 5.75 Å². The molecule has 0 aliphatic carbocycles. The number of aryl methyl sites for hydroxylation is 1. The molecule has 0 saturated heterocycles. The molecule has 0 fully saturated rings. The third kappa shape index (κ3) is 4.21. The lowest BCUT2D eigenvalue weighted by molar-refractivity contribution is 0.0733.